The van der Waals surface area contributed by atoms with Gasteiger partial charge in [-0.15, -0.1) is 12.4 Å². The van der Waals surface area contributed by atoms with Crippen molar-refractivity contribution in [3.8, 4) is 0 Å². The highest BCUT2D eigenvalue weighted by atomic mass is 35.5. The largest absolute Gasteiger partial charge is 0.314 e. The van der Waals surface area contributed by atoms with Crippen LogP contribution in [0.4, 0.5) is 8.78 Å². The van der Waals surface area contributed by atoms with Crippen molar-refractivity contribution < 1.29 is 8.78 Å². The van der Waals surface area contributed by atoms with Gasteiger partial charge in [-0.3, -0.25) is 4.90 Å². The molecule has 0 aromatic heterocycles. The van der Waals surface area contributed by atoms with Gasteiger partial charge in [0.2, 0.25) is 0 Å². The van der Waals surface area contributed by atoms with Gasteiger partial charge in [0, 0.05) is 37.8 Å². The van der Waals surface area contributed by atoms with E-state index < -0.39 is 11.6 Å². The van der Waals surface area contributed by atoms with E-state index in [9.17, 15) is 8.78 Å². The van der Waals surface area contributed by atoms with E-state index in [2.05, 4.69) is 24.1 Å². The number of benzene rings is 1. The fourth-order valence-corrected chi connectivity index (χ4v) is 2.83. The molecule has 0 bridgehead atoms. The third-order valence-electron chi connectivity index (χ3n) is 3.95. The second-order valence-corrected chi connectivity index (χ2v) is 6.03. The number of aryl methyl sites for hydroxylation is 1. The molecule has 1 saturated heterocycles. The fourth-order valence-electron chi connectivity index (χ4n) is 2.83. The second kappa shape index (κ2) is 8.06. The van der Waals surface area contributed by atoms with E-state index in [1.165, 1.54) is 0 Å². The summed E-state index contributed by atoms with van der Waals surface area (Å²) in [5, 5.41) is 3.30. The Morgan fingerprint density at radius 3 is 2.33 bits per heavy atom. The van der Waals surface area contributed by atoms with Crippen LogP contribution in [0, 0.1) is 24.5 Å². The minimum Gasteiger partial charge on any atom is -0.314 e. The molecule has 1 atom stereocenters. The lowest BCUT2D eigenvalue weighted by Crippen LogP contribution is -2.45. The summed E-state index contributed by atoms with van der Waals surface area (Å²) in [4.78, 5) is 2.27. The van der Waals surface area contributed by atoms with E-state index in [0.717, 1.165) is 32.6 Å². The molecule has 0 amide bonds. The van der Waals surface area contributed by atoms with Crippen LogP contribution in [0.5, 0.6) is 0 Å². The van der Waals surface area contributed by atoms with Crippen LogP contribution in [0.1, 0.15) is 37.4 Å². The maximum atomic E-state index is 14.3. The number of rotatable bonds is 4. The molecule has 5 heteroatoms. The minimum atomic E-state index is -0.702. The molecule has 2 rings (SSSR count). The van der Waals surface area contributed by atoms with Gasteiger partial charge in [-0.25, -0.2) is 8.78 Å². The first kappa shape index (κ1) is 18.3. The quantitative estimate of drug-likeness (QED) is 0.911. The Morgan fingerprint density at radius 2 is 1.76 bits per heavy atom. The molecule has 1 aliphatic heterocycles. The molecule has 0 unspecified atom stereocenters. The molecule has 1 aromatic carbocycles. The van der Waals surface area contributed by atoms with Crippen molar-refractivity contribution in [2.45, 2.75) is 33.2 Å². The first-order valence-corrected chi connectivity index (χ1v) is 7.40. The summed E-state index contributed by atoms with van der Waals surface area (Å²) in [5.41, 5.74) is 0.874. The van der Waals surface area contributed by atoms with Crippen LogP contribution < -0.4 is 5.32 Å². The van der Waals surface area contributed by atoms with Crippen LogP contribution >= 0.6 is 12.4 Å². The Morgan fingerprint density at radius 1 is 1.14 bits per heavy atom. The van der Waals surface area contributed by atoms with Crippen molar-refractivity contribution in [1.82, 2.24) is 10.2 Å². The van der Waals surface area contributed by atoms with Crippen molar-refractivity contribution >= 4 is 12.4 Å². The Balaban J connectivity index is 0.00000220. The molecule has 2 nitrogen and oxygen atoms in total. The number of hydrogen-bond acceptors (Lipinski definition) is 2. The summed E-state index contributed by atoms with van der Waals surface area (Å²) >= 11 is 0. The van der Waals surface area contributed by atoms with Gasteiger partial charge in [-0.2, -0.15) is 0 Å². The molecular formula is C16H25ClF2N2. The highest BCUT2D eigenvalue weighted by Crippen LogP contribution is 2.31. The van der Waals surface area contributed by atoms with Crippen molar-refractivity contribution in [2.75, 3.05) is 26.2 Å². The average Bonchev–Trinajstić information content (AvgIpc) is 2.44. The van der Waals surface area contributed by atoms with Crippen molar-refractivity contribution in [2.24, 2.45) is 5.92 Å². The topological polar surface area (TPSA) is 15.3 Å². The first-order valence-electron chi connectivity index (χ1n) is 7.40. The van der Waals surface area contributed by atoms with Gasteiger partial charge in [-0.1, -0.05) is 26.0 Å². The van der Waals surface area contributed by atoms with Crippen molar-refractivity contribution in [3.05, 3.63) is 34.9 Å². The predicted octanol–water partition coefficient (Wildman–Crippen LogP) is 3.69. The average molecular weight is 319 g/mol. The third kappa shape index (κ3) is 4.38. The molecular weight excluding hydrogens is 294 g/mol. The fraction of sp³-hybridized carbons (Fsp3) is 0.625. The number of halogens is 3. The summed E-state index contributed by atoms with van der Waals surface area (Å²) in [5.74, 6) is -0.931. The van der Waals surface area contributed by atoms with E-state index >= 15 is 0 Å². The maximum absolute atomic E-state index is 14.3. The van der Waals surface area contributed by atoms with E-state index in [4.69, 9.17) is 0 Å². The van der Waals surface area contributed by atoms with Gasteiger partial charge < -0.3 is 5.32 Å². The number of hydrogen-bond donors (Lipinski definition) is 1. The monoisotopic (exact) mass is 318 g/mol. The second-order valence-electron chi connectivity index (χ2n) is 6.03. The summed E-state index contributed by atoms with van der Waals surface area (Å²) in [6.45, 7) is 9.42. The van der Waals surface area contributed by atoms with Gasteiger partial charge in [-0.05, 0) is 24.8 Å². The zero-order valence-electron chi connectivity index (χ0n) is 13.0. The van der Waals surface area contributed by atoms with Gasteiger partial charge in [0.25, 0.3) is 0 Å². The number of nitrogens with zero attached hydrogens (tertiary/aromatic N) is 1. The number of piperazine rings is 1. The highest BCUT2D eigenvalue weighted by molar-refractivity contribution is 5.85. The van der Waals surface area contributed by atoms with Gasteiger partial charge in [0.15, 0.2) is 11.6 Å². The zero-order chi connectivity index (χ0) is 14.7. The van der Waals surface area contributed by atoms with Crippen LogP contribution in [-0.4, -0.2) is 31.1 Å². The summed E-state index contributed by atoms with van der Waals surface area (Å²) in [6.07, 6.45) is 0.847. The Hall–Kier alpha value is -0.710. The van der Waals surface area contributed by atoms with Crippen molar-refractivity contribution in [3.63, 3.8) is 0 Å². The van der Waals surface area contributed by atoms with Gasteiger partial charge in [0.05, 0.1) is 0 Å². The molecule has 1 N–H and O–H groups in total. The smallest absolute Gasteiger partial charge is 0.163 e. The molecule has 0 radical (unpaired) electrons. The molecule has 21 heavy (non-hydrogen) atoms. The predicted molar refractivity (Wildman–Crippen MR) is 85.0 cm³/mol. The lowest BCUT2D eigenvalue weighted by Gasteiger charge is -2.36. The Kier molecular flexibility index (Phi) is 7.04. The molecule has 1 fully saturated rings. The third-order valence-corrected chi connectivity index (χ3v) is 3.95. The van der Waals surface area contributed by atoms with Gasteiger partial charge >= 0.3 is 0 Å². The van der Waals surface area contributed by atoms with Crippen LogP contribution in [-0.2, 0) is 0 Å². The van der Waals surface area contributed by atoms with Gasteiger partial charge in [0.1, 0.15) is 0 Å². The summed E-state index contributed by atoms with van der Waals surface area (Å²) < 4.78 is 28.2. The molecule has 0 saturated carbocycles. The Labute approximate surface area is 132 Å². The molecule has 0 aliphatic carbocycles. The SMILES string of the molecule is Cc1ccc([C@@H](CC(C)C)N2CCNCC2)c(F)c1F.Cl. The maximum Gasteiger partial charge on any atom is 0.163 e. The van der Waals surface area contributed by atoms with E-state index in [1.807, 2.05) is 0 Å². The molecule has 1 heterocycles. The highest BCUT2D eigenvalue weighted by Gasteiger charge is 2.27. The van der Waals surface area contributed by atoms with Crippen molar-refractivity contribution in [1.29, 1.82) is 0 Å². The Bertz CT molecular complexity index is 460. The molecule has 0 spiro atoms. The van der Waals surface area contributed by atoms with Crippen LogP contribution in [0.2, 0.25) is 0 Å². The van der Waals surface area contributed by atoms with E-state index in [0.29, 0.717) is 17.0 Å². The standard InChI is InChI=1S/C16H24F2N2.ClH/c1-11(2)10-14(20-8-6-19-7-9-20)13-5-4-12(3)15(17)16(13)18;/h4-5,11,14,19H,6-10H2,1-3H3;1H/t14-;/m1./s1. The van der Waals surface area contributed by atoms with E-state index in [1.54, 1.807) is 19.1 Å². The number of nitrogens with one attached hydrogen (secondary N) is 1. The van der Waals surface area contributed by atoms with Crippen LogP contribution in [0.15, 0.2) is 12.1 Å². The van der Waals surface area contributed by atoms with E-state index in [-0.39, 0.29) is 18.4 Å². The lowest BCUT2D eigenvalue weighted by molar-refractivity contribution is 0.150. The zero-order valence-corrected chi connectivity index (χ0v) is 13.8. The molecule has 120 valence electrons. The first-order chi connectivity index (χ1) is 9.50. The lowest BCUT2D eigenvalue weighted by atomic mass is 9.93. The normalized spacial score (nSPS) is 17.6. The summed E-state index contributed by atoms with van der Waals surface area (Å²) in [6, 6.07) is 3.40. The molecule has 1 aliphatic rings. The minimum absolute atomic E-state index is 0. The van der Waals surface area contributed by atoms with Crippen LogP contribution in [0.3, 0.4) is 0 Å². The summed E-state index contributed by atoms with van der Waals surface area (Å²) in [7, 11) is 0. The van der Waals surface area contributed by atoms with Crippen LogP contribution in [0.25, 0.3) is 0 Å². The molecule has 1 aromatic rings.